The monoisotopic (exact) mass is 435 g/mol. The number of nitrogens with zero attached hydrogens (tertiary/aromatic N) is 3. The van der Waals surface area contributed by atoms with Crippen LogP contribution < -0.4 is 15.4 Å². The maximum Gasteiger partial charge on any atom is 0.315 e. The summed E-state index contributed by atoms with van der Waals surface area (Å²) in [5.74, 6) is 1.48. The molecule has 0 aliphatic heterocycles. The highest BCUT2D eigenvalue weighted by atomic mass is 16.5. The Hall–Kier alpha value is -3.32. The molecule has 0 bridgehead atoms. The van der Waals surface area contributed by atoms with Crippen molar-refractivity contribution in [3.63, 3.8) is 0 Å². The molecule has 0 radical (unpaired) electrons. The highest BCUT2D eigenvalue weighted by molar-refractivity contribution is 5.75. The number of urea groups is 1. The molecule has 0 saturated carbocycles. The highest BCUT2D eigenvalue weighted by Crippen LogP contribution is 2.24. The van der Waals surface area contributed by atoms with Crippen LogP contribution in [0.2, 0.25) is 0 Å². The Kier molecular flexibility index (Phi) is 8.27. The van der Waals surface area contributed by atoms with Gasteiger partial charge in [-0.25, -0.2) is 9.78 Å². The van der Waals surface area contributed by atoms with E-state index in [2.05, 4.69) is 46.5 Å². The van der Waals surface area contributed by atoms with Crippen molar-refractivity contribution in [2.75, 3.05) is 20.2 Å². The number of methoxy groups -OCH3 is 1. The Morgan fingerprint density at radius 3 is 2.53 bits per heavy atom. The SMILES string of the molecule is CCN(CC)Cc1ccccc1CNC(=O)NC(c1cccc(OC)c1)c1nccn1C. The van der Waals surface area contributed by atoms with Crippen molar-refractivity contribution in [3.05, 3.63) is 83.4 Å². The fraction of sp³-hybridized carbons (Fsp3) is 0.360. The predicted octanol–water partition coefficient (Wildman–Crippen LogP) is 3.86. The van der Waals surface area contributed by atoms with E-state index >= 15 is 0 Å². The topological polar surface area (TPSA) is 71.4 Å². The van der Waals surface area contributed by atoms with Gasteiger partial charge in [0.15, 0.2) is 0 Å². The minimum atomic E-state index is -0.406. The van der Waals surface area contributed by atoms with Gasteiger partial charge in [0.2, 0.25) is 0 Å². The molecule has 0 fully saturated rings. The second-order valence-corrected chi connectivity index (χ2v) is 7.66. The van der Waals surface area contributed by atoms with Crippen molar-refractivity contribution in [2.45, 2.75) is 33.0 Å². The maximum absolute atomic E-state index is 12.9. The number of benzene rings is 2. The lowest BCUT2D eigenvalue weighted by molar-refractivity contribution is 0.237. The Bertz CT molecular complexity index is 1010. The number of hydrogen-bond acceptors (Lipinski definition) is 4. The molecule has 2 N–H and O–H groups in total. The summed E-state index contributed by atoms with van der Waals surface area (Å²) < 4.78 is 7.27. The number of carbonyl (C=O) groups is 1. The van der Waals surface area contributed by atoms with Crippen LogP contribution in [0.25, 0.3) is 0 Å². The molecule has 1 unspecified atom stereocenters. The van der Waals surface area contributed by atoms with Gasteiger partial charge in [0, 0.05) is 32.5 Å². The van der Waals surface area contributed by atoms with Gasteiger partial charge < -0.3 is 19.9 Å². The van der Waals surface area contributed by atoms with Gasteiger partial charge in [0.05, 0.1) is 7.11 Å². The van der Waals surface area contributed by atoms with E-state index in [1.807, 2.05) is 54.2 Å². The molecule has 2 aromatic carbocycles. The Morgan fingerprint density at radius 2 is 1.88 bits per heavy atom. The van der Waals surface area contributed by atoms with Gasteiger partial charge >= 0.3 is 6.03 Å². The number of aromatic nitrogens is 2. The highest BCUT2D eigenvalue weighted by Gasteiger charge is 2.21. The summed E-state index contributed by atoms with van der Waals surface area (Å²) in [6, 6.07) is 15.3. The van der Waals surface area contributed by atoms with Gasteiger partial charge in [-0.3, -0.25) is 4.90 Å². The van der Waals surface area contributed by atoms with Crippen LogP contribution in [-0.4, -0.2) is 40.7 Å². The van der Waals surface area contributed by atoms with Gasteiger partial charge in [0.25, 0.3) is 0 Å². The first-order valence-corrected chi connectivity index (χ1v) is 11.0. The number of ether oxygens (including phenoxy) is 1. The molecule has 3 aromatic rings. The number of aryl methyl sites for hydroxylation is 1. The number of imidazole rings is 1. The van der Waals surface area contributed by atoms with E-state index in [0.717, 1.165) is 42.3 Å². The van der Waals surface area contributed by atoms with Gasteiger partial charge in [-0.05, 0) is 41.9 Å². The van der Waals surface area contributed by atoms with Crippen molar-refractivity contribution >= 4 is 6.03 Å². The van der Waals surface area contributed by atoms with Gasteiger partial charge in [-0.1, -0.05) is 50.2 Å². The Morgan fingerprint density at radius 1 is 1.12 bits per heavy atom. The quantitative estimate of drug-likeness (QED) is 0.507. The lowest BCUT2D eigenvalue weighted by atomic mass is 10.1. The molecule has 7 heteroatoms. The second-order valence-electron chi connectivity index (χ2n) is 7.66. The molecule has 0 aliphatic carbocycles. The third kappa shape index (κ3) is 5.88. The average Bonchev–Trinajstić information content (AvgIpc) is 3.25. The van der Waals surface area contributed by atoms with E-state index in [1.54, 1.807) is 13.3 Å². The summed E-state index contributed by atoms with van der Waals surface area (Å²) in [5, 5.41) is 6.10. The second kappa shape index (κ2) is 11.3. The van der Waals surface area contributed by atoms with Crippen molar-refractivity contribution in [1.82, 2.24) is 25.1 Å². The summed E-state index contributed by atoms with van der Waals surface area (Å²) in [4.78, 5) is 19.7. The first-order chi connectivity index (χ1) is 15.5. The lowest BCUT2D eigenvalue weighted by Crippen LogP contribution is -2.39. The number of amides is 2. The fourth-order valence-electron chi connectivity index (χ4n) is 3.70. The molecule has 2 amide bonds. The molecule has 1 atom stereocenters. The minimum Gasteiger partial charge on any atom is -0.497 e. The molecular formula is C25H33N5O2. The van der Waals surface area contributed by atoms with Gasteiger partial charge in [-0.2, -0.15) is 0 Å². The molecule has 32 heavy (non-hydrogen) atoms. The normalized spacial score (nSPS) is 11.9. The molecule has 0 aliphatic rings. The molecular weight excluding hydrogens is 402 g/mol. The predicted molar refractivity (Wildman–Crippen MR) is 126 cm³/mol. The van der Waals surface area contributed by atoms with Gasteiger partial charge in [0.1, 0.15) is 17.6 Å². The van der Waals surface area contributed by atoms with E-state index < -0.39 is 6.04 Å². The Labute approximate surface area is 190 Å². The fourth-order valence-corrected chi connectivity index (χ4v) is 3.70. The lowest BCUT2D eigenvalue weighted by Gasteiger charge is -2.22. The van der Waals surface area contributed by atoms with E-state index in [4.69, 9.17) is 4.74 Å². The van der Waals surface area contributed by atoms with Gasteiger partial charge in [-0.15, -0.1) is 0 Å². The van der Waals surface area contributed by atoms with Crippen LogP contribution in [0, 0.1) is 0 Å². The van der Waals surface area contributed by atoms with Crippen molar-refractivity contribution < 1.29 is 9.53 Å². The summed E-state index contributed by atoms with van der Waals surface area (Å²) in [6.45, 7) is 7.62. The summed E-state index contributed by atoms with van der Waals surface area (Å²) in [5.41, 5.74) is 3.24. The van der Waals surface area contributed by atoms with E-state index in [9.17, 15) is 4.79 Å². The molecule has 0 spiro atoms. The van der Waals surface area contributed by atoms with Crippen LogP contribution in [0.3, 0.4) is 0 Å². The molecule has 7 nitrogen and oxygen atoms in total. The van der Waals surface area contributed by atoms with E-state index in [1.165, 1.54) is 5.56 Å². The standard InChI is InChI=1S/C25H33N5O2/c1-5-30(6-2)18-21-11-8-7-10-20(21)17-27-25(31)28-23(24-26-14-15-29(24)3)19-12-9-13-22(16-19)32-4/h7-16,23H,5-6,17-18H2,1-4H3,(H2,27,28,31). The van der Waals surface area contributed by atoms with Crippen molar-refractivity contribution in [2.24, 2.45) is 7.05 Å². The van der Waals surface area contributed by atoms with E-state index in [0.29, 0.717) is 6.54 Å². The summed E-state index contributed by atoms with van der Waals surface area (Å²) in [7, 11) is 3.54. The Balaban J connectivity index is 1.74. The van der Waals surface area contributed by atoms with Crippen LogP contribution in [0.4, 0.5) is 4.79 Å². The zero-order valence-corrected chi connectivity index (χ0v) is 19.3. The van der Waals surface area contributed by atoms with Crippen LogP contribution in [0.5, 0.6) is 5.75 Å². The number of rotatable bonds is 10. The smallest absolute Gasteiger partial charge is 0.315 e. The molecule has 170 valence electrons. The summed E-state index contributed by atoms with van der Waals surface area (Å²) in [6.07, 6.45) is 3.59. The van der Waals surface area contributed by atoms with Crippen molar-refractivity contribution in [3.8, 4) is 5.75 Å². The maximum atomic E-state index is 12.9. The zero-order chi connectivity index (χ0) is 22.9. The number of nitrogens with one attached hydrogen (secondary N) is 2. The number of carbonyl (C=O) groups excluding carboxylic acids is 1. The molecule has 0 saturated heterocycles. The average molecular weight is 436 g/mol. The summed E-state index contributed by atoms with van der Waals surface area (Å²) >= 11 is 0. The third-order valence-corrected chi connectivity index (χ3v) is 5.67. The molecule has 1 aromatic heterocycles. The van der Waals surface area contributed by atoms with Crippen LogP contribution in [0.15, 0.2) is 60.9 Å². The van der Waals surface area contributed by atoms with Crippen LogP contribution >= 0.6 is 0 Å². The number of hydrogen-bond donors (Lipinski definition) is 2. The van der Waals surface area contributed by atoms with Crippen molar-refractivity contribution in [1.29, 1.82) is 0 Å². The first kappa shape index (κ1) is 23.3. The first-order valence-electron chi connectivity index (χ1n) is 11.0. The molecule has 1 heterocycles. The van der Waals surface area contributed by atoms with Crippen LogP contribution in [-0.2, 0) is 20.1 Å². The largest absolute Gasteiger partial charge is 0.497 e. The zero-order valence-electron chi connectivity index (χ0n) is 19.3. The van der Waals surface area contributed by atoms with E-state index in [-0.39, 0.29) is 6.03 Å². The third-order valence-electron chi connectivity index (χ3n) is 5.67. The van der Waals surface area contributed by atoms with Crippen LogP contribution in [0.1, 0.15) is 42.4 Å². The molecule has 3 rings (SSSR count). The minimum absolute atomic E-state index is 0.251.